The van der Waals surface area contributed by atoms with Gasteiger partial charge in [0.1, 0.15) is 64.6 Å². The average molecular weight is 1480 g/mol. The van der Waals surface area contributed by atoms with Gasteiger partial charge in [-0.3, -0.25) is 43.2 Å². The molecule has 12 amide bonds. The van der Waals surface area contributed by atoms with Crippen LogP contribution in [-0.4, -0.2) is 231 Å². The molecule has 8 aliphatic rings. The molecule has 4 saturated heterocycles. The molecule has 12 atom stereocenters. The maximum atomic E-state index is 14.5. The fourth-order valence-corrected chi connectivity index (χ4v) is 14.3. The summed E-state index contributed by atoms with van der Waals surface area (Å²) in [5.41, 5.74) is -2.19. The Kier molecular flexibility index (Phi) is 28.4. The Labute approximate surface area is 621 Å². The van der Waals surface area contributed by atoms with E-state index in [2.05, 4.69) is 31.9 Å². The molecule has 6 aliphatic heterocycles. The quantitative estimate of drug-likeness (QED) is 0.0532. The maximum absolute atomic E-state index is 14.5. The Morgan fingerprint density at radius 1 is 0.562 bits per heavy atom. The minimum atomic E-state index is -1.29. The van der Waals surface area contributed by atoms with E-state index in [4.69, 9.17) is 25.8 Å². The van der Waals surface area contributed by atoms with Crippen molar-refractivity contribution in [1.82, 2.24) is 61.3 Å². The second-order valence-corrected chi connectivity index (χ2v) is 31.3. The number of hydrogen-bond acceptors (Lipinski definition) is 16. The smallest absolute Gasteiger partial charge is 0.409 e. The van der Waals surface area contributed by atoms with Gasteiger partial charge in [-0.2, -0.15) is 0 Å². The number of fused-ring (bicyclic) bond motifs is 4. The zero-order valence-corrected chi connectivity index (χ0v) is 63.2. The number of nitrogens with one attached hydrogen (secondary N) is 6. The van der Waals surface area contributed by atoms with E-state index < -0.39 is 118 Å². The predicted molar refractivity (Wildman–Crippen MR) is 390 cm³/mol. The van der Waals surface area contributed by atoms with E-state index in [1.807, 2.05) is 85.0 Å². The van der Waals surface area contributed by atoms with Crippen molar-refractivity contribution in [1.29, 1.82) is 0 Å². The Hall–Kier alpha value is -8.79. The third-order valence-corrected chi connectivity index (χ3v) is 20.2. The number of aliphatic hydroxyl groups excluding tert-OH is 1. The first kappa shape index (κ1) is 81.9. The van der Waals surface area contributed by atoms with Crippen LogP contribution in [0.4, 0.5) is 19.2 Å². The molecule has 10 rings (SSSR count). The van der Waals surface area contributed by atoms with E-state index in [1.165, 1.54) is 19.6 Å². The highest BCUT2D eigenvalue weighted by molar-refractivity contribution is 6.62. The molecular formula is C76H109ClN12O16. The number of nitrogens with zero attached hydrogens (tertiary/aromatic N) is 6. The van der Waals surface area contributed by atoms with Crippen LogP contribution in [0.25, 0.3) is 0 Å². The number of alkyl carbamates (subject to hydrolysis) is 2. The van der Waals surface area contributed by atoms with Crippen molar-refractivity contribution in [2.24, 2.45) is 11.8 Å². The zero-order valence-electron chi connectivity index (χ0n) is 62.5. The standard InChI is InChI=1S/C38H54N6O8.C35H49N5O7.C3H6ClNO/c1-37(2,3)52-35(49)40-28-18-13-8-6-7-12-17-26-22-38(26,41-32(46)30-21-27(24-44(30)33(28)47)51-36(50)42(4)5)34(48)43-20-14-19-29(43)31(45)39-23-25-15-10-9-11-16-25;1-34(2,3)47-33(46)37-26-16-11-6-4-5-10-15-24-20-35(24,38-30(43)28-19-25(41)22-40(28)31(26)44)32(45)39-18-12-17-27(39)29(42)36-21-23-13-8-7-9-14-23;1-5(2)3(4)6/h9-12,15-17,26-30H,6-8,13-14,18-24H2,1-5H3,(H,39,45)(H,40,49)(H,41,46);7-10,13-15,24-28,41H,4-6,11-12,16-22H2,1-3H3,(H,36,42)(H,37,46)(H,38,43);1-2H3/b17-12-;15-10-;/t26-,27-,28+,29+,30+,38-;24-,25-,26+,27+,28+,35-;/m11./s1. The molecule has 0 radical (unpaired) electrons. The van der Waals surface area contributed by atoms with Gasteiger partial charge in [0.2, 0.25) is 47.3 Å². The number of rotatable bonds is 11. The molecule has 2 aromatic carbocycles. The molecule has 2 saturated carbocycles. The fourth-order valence-electron chi connectivity index (χ4n) is 14.3. The number of allylic oxidation sites excluding steroid dienone is 2. The molecule has 0 spiro atoms. The van der Waals surface area contributed by atoms with Crippen molar-refractivity contribution in [3.63, 3.8) is 0 Å². The molecule has 0 aromatic heterocycles. The summed E-state index contributed by atoms with van der Waals surface area (Å²) in [5, 5.41) is 27.6. The van der Waals surface area contributed by atoms with Crippen molar-refractivity contribution < 1.29 is 76.9 Å². The SMILES string of the molecule is CC(C)(C)OC(=O)N[C@H]1CCCCC/C=C\[C@@H]2C[C@@]2(C(=O)N2CCC[C@H]2C(=O)NCc2ccccc2)NC(=O)[C@@H]2C[C@@H](O)CN2C1=O.CN(C)C(=O)Cl.CN(C)C(=O)O[C@@H]1C[C@H]2C(=O)N[C@]3(C(=O)N4CCC[C@H]4C(=O)NCc4ccccc4)C[C@H]3/C=C\CCCCC[C@H](NC(=O)OC(C)(C)C)C(=O)N2C1. The van der Waals surface area contributed by atoms with E-state index in [0.717, 1.165) is 49.7 Å². The van der Waals surface area contributed by atoms with Crippen LogP contribution in [0.2, 0.25) is 0 Å². The molecule has 6 fully saturated rings. The van der Waals surface area contributed by atoms with E-state index >= 15 is 0 Å². The summed E-state index contributed by atoms with van der Waals surface area (Å²) >= 11 is 4.90. The summed E-state index contributed by atoms with van der Waals surface area (Å²) in [6, 6.07) is 13.7. The predicted octanol–water partition coefficient (Wildman–Crippen LogP) is 6.70. The molecule has 105 heavy (non-hydrogen) atoms. The first-order valence-corrected chi connectivity index (χ1v) is 37.3. The Morgan fingerprint density at radius 3 is 1.37 bits per heavy atom. The molecule has 28 nitrogen and oxygen atoms in total. The van der Waals surface area contributed by atoms with Gasteiger partial charge in [-0.25, -0.2) is 14.4 Å². The fraction of sp³-hybridized carbons (Fsp3) is 0.632. The number of ether oxygens (including phenoxy) is 3. The zero-order chi connectivity index (χ0) is 76.6. The topological polar surface area (TPSA) is 344 Å². The third-order valence-electron chi connectivity index (χ3n) is 19.9. The molecular weight excluding hydrogens is 1370 g/mol. The van der Waals surface area contributed by atoms with Crippen molar-refractivity contribution in [2.45, 2.75) is 241 Å². The lowest BCUT2D eigenvalue weighted by Crippen LogP contribution is -2.59. The van der Waals surface area contributed by atoms with Gasteiger partial charge in [-0.05, 0) is 141 Å². The first-order valence-electron chi connectivity index (χ1n) is 37.0. The van der Waals surface area contributed by atoms with Crippen molar-refractivity contribution in [2.75, 3.05) is 54.4 Å². The van der Waals surface area contributed by atoms with E-state index in [0.29, 0.717) is 90.4 Å². The molecule has 6 heterocycles. The van der Waals surface area contributed by atoms with Crippen LogP contribution in [0, 0.1) is 11.8 Å². The molecule has 576 valence electrons. The largest absolute Gasteiger partial charge is 0.444 e. The van der Waals surface area contributed by atoms with Crippen LogP contribution >= 0.6 is 11.6 Å². The third kappa shape index (κ3) is 22.6. The summed E-state index contributed by atoms with van der Waals surface area (Å²) in [7, 11) is 6.27. The number of carbonyl (C=O) groups is 12. The summed E-state index contributed by atoms with van der Waals surface area (Å²) in [6.07, 6.45) is 14.1. The van der Waals surface area contributed by atoms with E-state index in [1.54, 1.807) is 79.5 Å². The normalized spacial score (nSPS) is 28.3. The highest BCUT2D eigenvalue weighted by Gasteiger charge is 2.65. The molecule has 0 bridgehead atoms. The van der Waals surface area contributed by atoms with Crippen LogP contribution in [0.1, 0.15) is 168 Å². The Bertz CT molecular complexity index is 3490. The molecule has 2 aromatic rings. The van der Waals surface area contributed by atoms with Crippen LogP contribution in [0.5, 0.6) is 0 Å². The summed E-state index contributed by atoms with van der Waals surface area (Å²) in [5.74, 6) is -3.71. The van der Waals surface area contributed by atoms with Gasteiger partial charge < -0.3 is 80.6 Å². The monoisotopic (exact) mass is 1480 g/mol. The van der Waals surface area contributed by atoms with Gasteiger partial charge in [0.15, 0.2) is 0 Å². The second-order valence-electron chi connectivity index (χ2n) is 31.0. The number of halogens is 1. The van der Waals surface area contributed by atoms with Crippen molar-refractivity contribution in [3.8, 4) is 0 Å². The van der Waals surface area contributed by atoms with E-state index in [9.17, 15) is 62.6 Å². The summed E-state index contributed by atoms with van der Waals surface area (Å²) < 4.78 is 16.5. The number of likely N-dealkylation sites (tertiary alicyclic amines) is 2. The van der Waals surface area contributed by atoms with Gasteiger partial charge >= 0.3 is 23.6 Å². The second kappa shape index (κ2) is 36.5. The number of aliphatic hydroxyl groups is 1. The number of benzene rings is 2. The molecule has 0 unspecified atom stereocenters. The molecule has 2 aliphatic carbocycles. The highest BCUT2D eigenvalue weighted by atomic mass is 35.5. The number of hydrogen-bond donors (Lipinski definition) is 7. The van der Waals surface area contributed by atoms with Crippen LogP contribution < -0.4 is 31.9 Å². The van der Waals surface area contributed by atoms with Gasteiger partial charge in [-0.1, -0.05) is 111 Å². The van der Waals surface area contributed by atoms with Crippen LogP contribution in [-0.2, 0) is 65.7 Å². The molecule has 29 heteroatoms. The van der Waals surface area contributed by atoms with Crippen LogP contribution in [0.3, 0.4) is 0 Å². The van der Waals surface area contributed by atoms with Gasteiger partial charge in [-0.15, -0.1) is 0 Å². The lowest BCUT2D eigenvalue weighted by molar-refractivity contribution is -0.145. The number of amides is 12. The van der Waals surface area contributed by atoms with Gasteiger partial charge in [0, 0.05) is 85.6 Å². The average Bonchev–Trinajstić information content (AvgIpc) is 1.57. The number of carbonyl (C=O) groups excluding carboxylic acids is 12. The minimum Gasteiger partial charge on any atom is -0.444 e. The highest BCUT2D eigenvalue weighted by Crippen LogP contribution is 2.49. The van der Waals surface area contributed by atoms with Crippen molar-refractivity contribution in [3.05, 3.63) is 96.1 Å². The Balaban J connectivity index is 0.000000247. The maximum Gasteiger partial charge on any atom is 0.409 e. The van der Waals surface area contributed by atoms with E-state index in [-0.39, 0.29) is 61.4 Å². The van der Waals surface area contributed by atoms with Crippen LogP contribution in [0.15, 0.2) is 85.0 Å². The minimum absolute atomic E-state index is 0.00924. The van der Waals surface area contributed by atoms with Crippen molar-refractivity contribution >= 4 is 82.5 Å². The lowest BCUT2D eigenvalue weighted by atomic mass is 10.0. The van der Waals surface area contributed by atoms with Gasteiger partial charge in [0.05, 0.1) is 12.6 Å². The molecule has 7 N–H and O–H groups in total. The summed E-state index contributed by atoms with van der Waals surface area (Å²) in [4.78, 5) is 168. The lowest BCUT2D eigenvalue weighted by Gasteiger charge is -2.32. The Morgan fingerprint density at radius 2 is 0.971 bits per heavy atom. The summed E-state index contributed by atoms with van der Waals surface area (Å²) in [6.45, 7) is 11.7. The first-order chi connectivity index (χ1) is 49.7. The van der Waals surface area contributed by atoms with Gasteiger partial charge in [0.25, 0.3) is 0 Å².